The van der Waals surface area contributed by atoms with Crippen LogP contribution in [0.15, 0.2) is 5.38 Å². The average Bonchev–Trinajstić information content (AvgIpc) is 2.90. The van der Waals surface area contributed by atoms with E-state index in [-0.39, 0.29) is 5.92 Å². The fourth-order valence-electron chi connectivity index (χ4n) is 3.65. The Labute approximate surface area is 123 Å². The second kappa shape index (κ2) is 4.81. The first kappa shape index (κ1) is 12.8. The van der Waals surface area contributed by atoms with E-state index in [1.807, 2.05) is 6.92 Å². The molecule has 0 aromatic carbocycles. The van der Waals surface area contributed by atoms with Crippen LogP contribution in [0.25, 0.3) is 0 Å². The summed E-state index contributed by atoms with van der Waals surface area (Å²) in [6.07, 6.45) is 2.66. The molecule has 1 aromatic heterocycles. The number of hydrogen-bond donors (Lipinski definition) is 0. The highest BCUT2D eigenvalue weighted by Gasteiger charge is 2.46. The van der Waals surface area contributed by atoms with Crippen LogP contribution >= 0.6 is 11.3 Å². The van der Waals surface area contributed by atoms with Crippen molar-refractivity contribution in [3.8, 4) is 0 Å². The van der Waals surface area contributed by atoms with Gasteiger partial charge in [-0.3, -0.25) is 9.69 Å². The number of fused-ring (bicyclic) bond motifs is 1. The molecule has 3 heterocycles. The number of hydrogen-bond acceptors (Lipinski definition) is 4. The first-order chi connectivity index (χ1) is 9.69. The van der Waals surface area contributed by atoms with E-state index in [1.165, 1.54) is 12.8 Å². The summed E-state index contributed by atoms with van der Waals surface area (Å²) < 4.78 is 0. The van der Waals surface area contributed by atoms with E-state index in [4.69, 9.17) is 0 Å². The quantitative estimate of drug-likeness (QED) is 0.848. The Bertz CT molecular complexity index is 525. The zero-order valence-corrected chi connectivity index (χ0v) is 12.7. The number of nitrogens with zero attached hydrogens (tertiary/aromatic N) is 3. The summed E-state index contributed by atoms with van der Waals surface area (Å²) in [7, 11) is 0. The predicted octanol–water partition coefficient (Wildman–Crippen LogP) is 1.75. The van der Waals surface area contributed by atoms with E-state index in [9.17, 15) is 4.79 Å². The minimum Gasteiger partial charge on any atom is -0.342 e. The molecule has 1 aliphatic carbocycles. The Morgan fingerprint density at radius 2 is 2.20 bits per heavy atom. The van der Waals surface area contributed by atoms with Gasteiger partial charge in [0.1, 0.15) is 0 Å². The van der Waals surface area contributed by atoms with Crippen molar-refractivity contribution in [1.82, 2.24) is 14.8 Å². The van der Waals surface area contributed by atoms with Crippen molar-refractivity contribution in [3.05, 3.63) is 16.1 Å². The van der Waals surface area contributed by atoms with Crippen molar-refractivity contribution < 1.29 is 4.79 Å². The largest absolute Gasteiger partial charge is 0.342 e. The fraction of sp³-hybridized carbons (Fsp3) is 0.733. The Morgan fingerprint density at radius 3 is 2.85 bits per heavy atom. The topological polar surface area (TPSA) is 36.4 Å². The maximum Gasteiger partial charge on any atom is 0.227 e. The van der Waals surface area contributed by atoms with Gasteiger partial charge in [0.15, 0.2) is 0 Å². The lowest BCUT2D eigenvalue weighted by molar-refractivity contribution is -0.131. The lowest BCUT2D eigenvalue weighted by atomic mass is 10.0. The summed E-state index contributed by atoms with van der Waals surface area (Å²) in [5, 5.41) is 3.27. The third-order valence-electron chi connectivity index (χ3n) is 4.83. The number of aryl methyl sites for hydroxylation is 1. The van der Waals surface area contributed by atoms with Crippen molar-refractivity contribution in [2.24, 2.45) is 17.8 Å². The third-order valence-corrected chi connectivity index (χ3v) is 5.65. The van der Waals surface area contributed by atoms with Gasteiger partial charge in [0.2, 0.25) is 5.91 Å². The van der Waals surface area contributed by atoms with E-state index >= 15 is 0 Å². The second-order valence-corrected chi connectivity index (χ2v) is 7.67. The van der Waals surface area contributed by atoms with Gasteiger partial charge in [-0.1, -0.05) is 0 Å². The van der Waals surface area contributed by atoms with Crippen LogP contribution in [0.5, 0.6) is 0 Å². The molecule has 0 radical (unpaired) electrons. The smallest absolute Gasteiger partial charge is 0.227 e. The van der Waals surface area contributed by atoms with Gasteiger partial charge in [0.05, 0.1) is 16.6 Å². The summed E-state index contributed by atoms with van der Waals surface area (Å²) in [6.45, 7) is 6.97. The standard InChI is InChI=1S/C15H21N3OS/c1-10-16-13(9-20-10)7-17-5-12-6-18(4-11-2-3-11)15(19)14(12)8-17/h9,11-12,14H,2-8H2,1H3/t12-,14+/m0/s1. The van der Waals surface area contributed by atoms with Gasteiger partial charge >= 0.3 is 0 Å². The number of thiazole rings is 1. The van der Waals surface area contributed by atoms with Gasteiger partial charge in [-0.25, -0.2) is 4.98 Å². The molecule has 108 valence electrons. The van der Waals surface area contributed by atoms with Crippen LogP contribution < -0.4 is 0 Å². The molecule has 1 aromatic rings. The minimum atomic E-state index is 0.258. The minimum absolute atomic E-state index is 0.258. The van der Waals surface area contributed by atoms with Crippen molar-refractivity contribution in [2.45, 2.75) is 26.3 Å². The van der Waals surface area contributed by atoms with Gasteiger partial charge < -0.3 is 4.90 Å². The maximum atomic E-state index is 12.4. The summed E-state index contributed by atoms with van der Waals surface area (Å²) in [6, 6.07) is 0. The normalized spacial score (nSPS) is 30.2. The van der Waals surface area contributed by atoms with Crippen molar-refractivity contribution in [1.29, 1.82) is 0 Å². The molecule has 5 heteroatoms. The first-order valence-electron chi connectivity index (χ1n) is 7.61. The molecule has 3 fully saturated rings. The highest BCUT2D eigenvalue weighted by atomic mass is 32.1. The molecule has 2 aliphatic heterocycles. The van der Waals surface area contributed by atoms with Gasteiger partial charge in [-0.2, -0.15) is 0 Å². The molecule has 0 unspecified atom stereocenters. The summed E-state index contributed by atoms with van der Waals surface area (Å²) >= 11 is 1.71. The Morgan fingerprint density at radius 1 is 1.35 bits per heavy atom. The monoisotopic (exact) mass is 291 g/mol. The maximum absolute atomic E-state index is 12.4. The molecule has 2 saturated heterocycles. The number of rotatable bonds is 4. The highest BCUT2D eigenvalue weighted by molar-refractivity contribution is 7.09. The molecule has 0 bridgehead atoms. The Kier molecular flexibility index (Phi) is 3.07. The number of amides is 1. The molecule has 4 nitrogen and oxygen atoms in total. The van der Waals surface area contributed by atoms with Crippen molar-refractivity contribution in [3.63, 3.8) is 0 Å². The van der Waals surface area contributed by atoms with Crippen LogP contribution in [0.3, 0.4) is 0 Å². The molecule has 4 rings (SSSR count). The number of aromatic nitrogens is 1. The van der Waals surface area contributed by atoms with Crippen LogP contribution in [-0.4, -0.2) is 46.9 Å². The van der Waals surface area contributed by atoms with E-state index in [0.717, 1.165) is 49.3 Å². The molecular weight excluding hydrogens is 270 g/mol. The van der Waals surface area contributed by atoms with Crippen LogP contribution in [0.4, 0.5) is 0 Å². The molecule has 2 atom stereocenters. The Balaban J connectivity index is 1.36. The second-order valence-electron chi connectivity index (χ2n) is 6.61. The lowest BCUT2D eigenvalue weighted by Crippen LogP contribution is -2.34. The number of carbonyl (C=O) groups is 1. The van der Waals surface area contributed by atoms with E-state index in [1.54, 1.807) is 11.3 Å². The van der Waals surface area contributed by atoms with E-state index < -0.39 is 0 Å². The van der Waals surface area contributed by atoms with Crippen molar-refractivity contribution in [2.75, 3.05) is 26.2 Å². The van der Waals surface area contributed by atoms with Gasteiger partial charge in [-0.15, -0.1) is 11.3 Å². The lowest BCUT2D eigenvalue weighted by Gasteiger charge is -2.21. The summed E-state index contributed by atoms with van der Waals surface area (Å²) in [4.78, 5) is 21.5. The molecule has 20 heavy (non-hydrogen) atoms. The molecule has 3 aliphatic rings. The third kappa shape index (κ3) is 2.37. The van der Waals surface area contributed by atoms with Gasteiger partial charge in [-0.05, 0) is 25.7 Å². The zero-order valence-electron chi connectivity index (χ0n) is 11.9. The van der Waals surface area contributed by atoms with Crippen LogP contribution in [0, 0.1) is 24.7 Å². The number of likely N-dealkylation sites (tertiary alicyclic amines) is 2. The highest BCUT2D eigenvalue weighted by Crippen LogP contribution is 2.36. The zero-order chi connectivity index (χ0) is 13.7. The predicted molar refractivity (Wildman–Crippen MR) is 78.4 cm³/mol. The van der Waals surface area contributed by atoms with Crippen LogP contribution in [0.1, 0.15) is 23.5 Å². The number of carbonyl (C=O) groups excluding carboxylic acids is 1. The summed E-state index contributed by atoms with van der Waals surface area (Å²) in [5.74, 6) is 2.04. The average molecular weight is 291 g/mol. The van der Waals surface area contributed by atoms with Crippen LogP contribution in [-0.2, 0) is 11.3 Å². The molecule has 0 spiro atoms. The summed E-state index contributed by atoms with van der Waals surface area (Å²) in [5.41, 5.74) is 1.16. The molecule has 1 amide bonds. The van der Waals surface area contributed by atoms with Crippen LogP contribution in [0.2, 0.25) is 0 Å². The molecular formula is C15H21N3OS. The first-order valence-corrected chi connectivity index (χ1v) is 8.49. The SMILES string of the molecule is Cc1nc(CN2C[C@H]3CN(CC4CC4)C(=O)[C@@H]3C2)cs1. The van der Waals surface area contributed by atoms with E-state index in [2.05, 4.69) is 20.2 Å². The van der Waals surface area contributed by atoms with Gasteiger partial charge in [0, 0.05) is 44.0 Å². The molecule has 1 saturated carbocycles. The Hall–Kier alpha value is -0.940. The van der Waals surface area contributed by atoms with E-state index in [0.29, 0.717) is 11.8 Å². The van der Waals surface area contributed by atoms with Gasteiger partial charge in [0.25, 0.3) is 0 Å². The van der Waals surface area contributed by atoms with Crippen molar-refractivity contribution >= 4 is 17.2 Å². The fourth-order valence-corrected chi connectivity index (χ4v) is 4.25. The molecule has 0 N–H and O–H groups in total.